The van der Waals surface area contributed by atoms with Crippen molar-refractivity contribution in [2.45, 2.75) is 51.5 Å². The molecule has 0 aliphatic carbocycles. The molecule has 1 fully saturated rings. The van der Waals surface area contributed by atoms with Gasteiger partial charge in [0, 0.05) is 18.5 Å². The lowest BCUT2D eigenvalue weighted by Gasteiger charge is -2.30. The third kappa shape index (κ3) is 6.22. The maximum Gasteiger partial charge on any atom is 0.220 e. The van der Waals surface area contributed by atoms with Gasteiger partial charge in [-0.05, 0) is 76.7 Å². The summed E-state index contributed by atoms with van der Waals surface area (Å²) in [6.07, 6.45) is 4.83. The Labute approximate surface area is 139 Å². The van der Waals surface area contributed by atoms with E-state index in [0.29, 0.717) is 12.3 Å². The third-order valence-corrected chi connectivity index (χ3v) is 4.56. The Hall–Kier alpha value is -1.55. The van der Waals surface area contributed by atoms with E-state index < -0.39 is 0 Å². The van der Waals surface area contributed by atoms with Gasteiger partial charge in [0.05, 0.1) is 0 Å². The fraction of sp³-hybridized carbons (Fsp3) is 0.632. The van der Waals surface area contributed by atoms with Crippen molar-refractivity contribution >= 4 is 5.91 Å². The molecule has 2 N–H and O–H groups in total. The number of hydrogen-bond acceptors (Lipinski definition) is 3. The van der Waals surface area contributed by atoms with Crippen molar-refractivity contribution in [1.82, 2.24) is 10.2 Å². The number of amides is 1. The van der Waals surface area contributed by atoms with E-state index in [2.05, 4.69) is 17.3 Å². The van der Waals surface area contributed by atoms with Crippen LogP contribution in [0.3, 0.4) is 0 Å². The summed E-state index contributed by atoms with van der Waals surface area (Å²) in [6, 6.07) is 7.18. The lowest BCUT2D eigenvalue weighted by Crippen LogP contribution is -2.45. The summed E-state index contributed by atoms with van der Waals surface area (Å²) in [5.74, 6) is 1.06. The molecule has 4 nitrogen and oxygen atoms in total. The number of aromatic hydroxyl groups is 1. The summed E-state index contributed by atoms with van der Waals surface area (Å²) in [4.78, 5) is 14.6. The molecule has 1 saturated heterocycles. The zero-order valence-electron chi connectivity index (χ0n) is 14.6. The lowest BCUT2D eigenvalue weighted by atomic mass is 9.92. The van der Waals surface area contributed by atoms with Gasteiger partial charge in [-0.2, -0.15) is 0 Å². The normalized spacial score (nSPS) is 19.5. The third-order valence-electron chi connectivity index (χ3n) is 4.56. The molecule has 0 radical (unpaired) electrons. The highest BCUT2D eigenvalue weighted by molar-refractivity contribution is 5.76. The molecule has 2 rings (SSSR count). The van der Waals surface area contributed by atoms with Crippen LogP contribution in [0.4, 0.5) is 0 Å². The van der Waals surface area contributed by atoms with E-state index in [1.54, 1.807) is 12.1 Å². The number of phenols is 1. The van der Waals surface area contributed by atoms with E-state index in [1.165, 1.54) is 19.4 Å². The van der Waals surface area contributed by atoms with Crippen LogP contribution in [0.1, 0.15) is 45.1 Å². The minimum atomic E-state index is -0.280. The highest BCUT2D eigenvalue weighted by Gasteiger charge is 2.23. The summed E-state index contributed by atoms with van der Waals surface area (Å²) in [6.45, 7) is 6.39. The molecule has 23 heavy (non-hydrogen) atoms. The molecule has 0 unspecified atom stereocenters. The van der Waals surface area contributed by atoms with Crippen molar-refractivity contribution in [1.29, 1.82) is 0 Å². The highest BCUT2D eigenvalue weighted by Crippen LogP contribution is 2.21. The van der Waals surface area contributed by atoms with E-state index in [-0.39, 0.29) is 17.2 Å². The average Bonchev–Trinajstić information content (AvgIpc) is 2.47. The van der Waals surface area contributed by atoms with Crippen molar-refractivity contribution in [2.75, 3.05) is 20.1 Å². The van der Waals surface area contributed by atoms with Gasteiger partial charge in [-0.3, -0.25) is 4.79 Å². The second-order valence-electron chi connectivity index (χ2n) is 7.58. The molecular formula is C19H30N2O2. The van der Waals surface area contributed by atoms with Gasteiger partial charge >= 0.3 is 0 Å². The molecule has 1 aliphatic heterocycles. The first-order valence-electron chi connectivity index (χ1n) is 8.61. The number of phenolic OH excluding ortho intramolecular Hbond substituents is 1. The number of piperidine rings is 1. The number of benzene rings is 1. The molecule has 1 heterocycles. The summed E-state index contributed by atoms with van der Waals surface area (Å²) in [5, 5.41) is 12.5. The molecule has 4 heteroatoms. The zero-order valence-corrected chi connectivity index (χ0v) is 14.6. The maximum absolute atomic E-state index is 12.3. The van der Waals surface area contributed by atoms with Gasteiger partial charge in [0.25, 0.3) is 0 Å². The van der Waals surface area contributed by atoms with Crippen molar-refractivity contribution in [2.24, 2.45) is 5.92 Å². The van der Waals surface area contributed by atoms with Crippen LogP contribution in [-0.2, 0) is 11.2 Å². The number of hydrogen-bond donors (Lipinski definition) is 2. The number of nitrogens with one attached hydrogen (secondary N) is 1. The number of carbonyl (C=O) groups excluding carboxylic acids is 1. The first-order valence-corrected chi connectivity index (χ1v) is 8.61. The Balaban J connectivity index is 1.77. The molecule has 1 aromatic carbocycles. The maximum atomic E-state index is 12.3. The van der Waals surface area contributed by atoms with Gasteiger partial charge in [0.1, 0.15) is 5.75 Å². The Morgan fingerprint density at radius 1 is 1.35 bits per heavy atom. The number of carbonyl (C=O) groups is 1. The fourth-order valence-electron chi connectivity index (χ4n) is 3.45. The van der Waals surface area contributed by atoms with Crippen LogP contribution in [0.25, 0.3) is 0 Å². The zero-order chi connectivity index (χ0) is 16.9. The minimum absolute atomic E-state index is 0.141. The molecule has 0 saturated carbocycles. The monoisotopic (exact) mass is 318 g/mol. The SMILES string of the molecule is CN1CCC[C@H](CCC(=O)NC(C)(C)Cc2ccc(O)cc2)C1. The molecule has 1 atom stereocenters. The van der Waals surface area contributed by atoms with Gasteiger partial charge < -0.3 is 15.3 Å². The number of likely N-dealkylation sites (tertiary alicyclic amines) is 1. The van der Waals surface area contributed by atoms with Crippen LogP contribution < -0.4 is 5.32 Å². The van der Waals surface area contributed by atoms with Crippen molar-refractivity contribution in [3.05, 3.63) is 29.8 Å². The average molecular weight is 318 g/mol. The predicted octanol–water partition coefficient (Wildman–Crippen LogP) is 2.95. The van der Waals surface area contributed by atoms with Gasteiger partial charge in [-0.25, -0.2) is 0 Å². The standard InChI is InChI=1S/C19H30N2O2/c1-19(2,13-15-6-9-17(22)10-7-15)20-18(23)11-8-16-5-4-12-21(3)14-16/h6-7,9-10,16,22H,4-5,8,11-14H2,1-3H3,(H,20,23)/t16-/m1/s1. The van der Waals surface area contributed by atoms with Crippen LogP contribution in [0, 0.1) is 5.92 Å². The molecule has 0 aromatic heterocycles. The lowest BCUT2D eigenvalue weighted by molar-refractivity contribution is -0.123. The fourth-order valence-corrected chi connectivity index (χ4v) is 3.45. The number of nitrogens with zero attached hydrogens (tertiary/aromatic N) is 1. The Morgan fingerprint density at radius 2 is 2.04 bits per heavy atom. The van der Waals surface area contributed by atoms with Gasteiger partial charge in [0.2, 0.25) is 5.91 Å². The van der Waals surface area contributed by atoms with Crippen LogP contribution in [0.2, 0.25) is 0 Å². The topological polar surface area (TPSA) is 52.6 Å². The van der Waals surface area contributed by atoms with E-state index in [4.69, 9.17) is 0 Å². The first-order chi connectivity index (χ1) is 10.8. The van der Waals surface area contributed by atoms with E-state index in [9.17, 15) is 9.90 Å². The van der Waals surface area contributed by atoms with Crippen molar-refractivity contribution in [3.8, 4) is 5.75 Å². The van der Waals surface area contributed by atoms with Crippen LogP contribution >= 0.6 is 0 Å². The number of rotatable bonds is 6. The van der Waals surface area contributed by atoms with E-state index in [1.807, 2.05) is 26.0 Å². The molecule has 1 aromatic rings. The molecule has 0 bridgehead atoms. The molecule has 128 valence electrons. The molecule has 1 aliphatic rings. The first kappa shape index (κ1) is 17.8. The van der Waals surface area contributed by atoms with E-state index in [0.717, 1.165) is 24.9 Å². The molecular weight excluding hydrogens is 288 g/mol. The van der Waals surface area contributed by atoms with Gasteiger partial charge in [-0.15, -0.1) is 0 Å². The molecule has 1 amide bonds. The Morgan fingerprint density at radius 3 is 2.70 bits per heavy atom. The summed E-state index contributed by atoms with van der Waals surface area (Å²) < 4.78 is 0. The largest absolute Gasteiger partial charge is 0.508 e. The smallest absolute Gasteiger partial charge is 0.220 e. The quantitative estimate of drug-likeness (QED) is 0.848. The van der Waals surface area contributed by atoms with Crippen LogP contribution in [-0.4, -0.2) is 41.6 Å². The summed E-state index contributed by atoms with van der Waals surface area (Å²) in [5.41, 5.74) is 0.833. The Bertz CT molecular complexity index is 511. The predicted molar refractivity (Wildman–Crippen MR) is 93.5 cm³/mol. The van der Waals surface area contributed by atoms with Gasteiger partial charge in [0.15, 0.2) is 0 Å². The second-order valence-corrected chi connectivity index (χ2v) is 7.58. The summed E-state index contributed by atoms with van der Waals surface area (Å²) in [7, 11) is 2.16. The molecule has 0 spiro atoms. The minimum Gasteiger partial charge on any atom is -0.508 e. The summed E-state index contributed by atoms with van der Waals surface area (Å²) >= 11 is 0. The Kier molecular flexibility index (Phi) is 6.05. The van der Waals surface area contributed by atoms with Crippen LogP contribution in [0.5, 0.6) is 5.75 Å². The second kappa shape index (κ2) is 7.82. The van der Waals surface area contributed by atoms with E-state index >= 15 is 0 Å². The van der Waals surface area contributed by atoms with Gasteiger partial charge in [-0.1, -0.05) is 12.1 Å². The van der Waals surface area contributed by atoms with Crippen LogP contribution in [0.15, 0.2) is 24.3 Å². The van der Waals surface area contributed by atoms with Crippen molar-refractivity contribution in [3.63, 3.8) is 0 Å². The highest BCUT2D eigenvalue weighted by atomic mass is 16.3. The van der Waals surface area contributed by atoms with Crippen molar-refractivity contribution < 1.29 is 9.90 Å².